The Balaban J connectivity index is 2.12. The molecule has 0 aliphatic heterocycles. The Morgan fingerprint density at radius 3 is 2.89 bits per heavy atom. The van der Waals surface area contributed by atoms with Crippen LogP contribution in [-0.4, -0.2) is 11.0 Å². The van der Waals surface area contributed by atoms with Gasteiger partial charge in [-0.05, 0) is 70.5 Å². The summed E-state index contributed by atoms with van der Waals surface area (Å²) in [6.45, 7) is 2.03. The predicted molar refractivity (Wildman–Crippen MR) is 86.9 cm³/mol. The van der Waals surface area contributed by atoms with E-state index in [2.05, 4.69) is 39.4 Å². The summed E-state index contributed by atoms with van der Waals surface area (Å²) >= 11 is 3.74. The number of hydrogen-bond acceptors (Lipinski definition) is 4. The first-order chi connectivity index (χ1) is 9.06. The van der Waals surface area contributed by atoms with Gasteiger partial charge in [-0.3, -0.25) is 10.1 Å². The van der Waals surface area contributed by atoms with Crippen LogP contribution in [0.4, 0.5) is 11.4 Å². The SMILES string of the molecule is CC(Cc1ccsc1)Nc1ccc(I)cc1[N+](=O)[O-]. The summed E-state index contributed by atoms with van der Waals surface area (Å²) in [4.78, 5) is 10.7. The second kappa shape index (κ2) is 6.33. The molecule has 1 aromatic heterocycles. The standard InChI is InChI=1S/C13H13IN2O2S/c1-9(6-10-4-5-19-8-10)15-12-3-2-11(14)7-13(12)16(17)18/h2-5,7-9,15H,6H2,1H3. The Morgan fingerprint density at radius 2 is 2.26 bits per heavy atom. The van der Waals surface area contributed by atoms with Gasteiger partial charge in [0.1, 0.15) is 5.69 Å². The largest absolute Gasteiger partial charge is 0.377 e. The lowest BCUT2D eigenvalue weighted by molar-refractivity contribution is -0.384. The number of thiophene rings is 1. The van der Waals surface area contributed by atoms with Gasteiger partial charge in [0.05, 0.1) is 4.92 Å². The molecule has 2 rings (SSSR count). The van der Waals surface area contributed by atoms with E-state index in [1.54, 1.807) is 23.5 Å². The molecule has 1 heterocycles. The fraction of sp³-hybridized carbons (Fsp3) is 0.231. The monoisotopic (exact) mass is 388 g/mol. The van der Waals surface area contributed by atoms with Crippen molar-refractivity contribution in [2.45, 2.75) is 19.4 Å². The van der Waals surface area contributed by atoms with E-state index >= 15 is 0 Å². The van der Waals surface area contributed by atoms with Crippen molar-refractivity contribution in [2.75, 3.05) is 5.32 Å². The van der Waals surface area contributed by atoms with Crippen LogP contribution in [0, 0.1) is 13.7 Å². The number of nitrogens with one attached hydrogen (secondary N) is 1. The first-order valence-corrected chi connectivity index (χ1v) is 7.80. The molecule has 1 aromatic carbocycles. The third kappa shape index (κ3) is 3.90. The van der Waals surface area contributed by atoms with Crippen LogP contribution in [0.15, 0.2) is 35.0 Å². The zero-order chi connectivity index (χ0) is 13.8. The van der Waals surface area contributed by atoms with E-state index in [1.807, 2.05) is 18.4 Å². The molecule has 0 bridgehead atoms. The van der Waals surface area contributed by atoms with E-state index < -0.39 is 0 Å². The van der Waals surface area contributed by atoms with Gasteiger partial charge in [-0.25, -0.2) is 0 Å². The van der Waals surface area contributed by atoms with Gasteiger partial charge in [-0.2, -0.15) is 11.3 Å². The highest BCUT2D eigenvalue weighted by molar-refractivity contribution is 14.1. The molecule has 4 nitrogen and oxygen atoms in total. The lowest BCUT2D eigenvalue weighted by Gasteiger charge is -2.14. The van der Waals surface area contributed by atoms with E-state index in [1.165, 1.54) is 5.56 Å². The van der Waals surface area contributed by atoms with Gasteiger partial charge >= 0.3 is 0 Å². The molecule has 0 fully saturated rings. The first kappa shape index (κ1) is 14.3. The number of hydrogen-bond donors (Lipinski definition) is 1. The molecule has 0 saturated carbocycles. The minimum absolute atomic E-state index is 0.129. The molecule has 0 saturated heterocycles. The second-order valence-corrected chi connectivity index (χ2v) is 6.33. The minimum Gasteiger partial charge on any atom is -0.377 e. The number of nitro groups is 1. The number of anilines is 1. The Hall–Kier alpha value is -1.15. The molecule has 2 aromatic rings. The topological polar surface area (TPSA) is 55.2 Å². The van der Waals surface area contributed by atoms with Gasteiger partial charge in [-0.1, -0.05) is 0 Å². The molecular formula is C13H13IN2O2S. The van der Waals surface area contributed by atoms with Crippen molar-refractivity contribution in [2.24, 2.45) is 0 Å². The maximum absolute atomic E-state index is 11.0. The molecule has 1 N–H and O–H groups in total. The van der Waals surface area contributed by atoms with Crippen LogP contribution in [0.5, 0.6) is 0 Å². The van der Waals surface area contributed by atoms with E-state index in [0.29, 0.717) is 5.69 Å². The fourth-order valence-electron chi connectivity index (χ4n) is 1.86. The predicted octanol–water partition coefficient (Wildman–Crippen LogP) is 4.30. The van der Waals surface area contributed by atoms with Crippen LogP contribution in [0.1, 0.15) is 12.5 Å². The van der Waals surface area contributed by atoms with Crippen LogP contribution in [0.2, 0.25) is 0 Å². The lowest BCUT2D eigenvalue weighted by atomic mass is 10.1. The van der Waals surface area contributed by atoms with Crippen molar-refractivity contribution < 1.29 is 4.92 Å². The van der Waals surface area contributed by atoms with Gasteiger partial charge in [0, 0.05) is 15.7 Å². The smallest absolute Gasteiger partial charge is 0.293 e. The molecule has 0 spiro atoms. The van der Waals surface area contributed by atoms with E-state index in [-0.39, 0.29) is 16.7 Å². The zero-order valence-corrected chi connectivity index (χ0v) is 13.3. The molecule has 0 aliphatic carbocycles. The zero-order valence-electron chi connectivity index (χ0n) is 10.3. The fourth-order valence-corrected chi connectivity index (χ4v) is 3.01. The molecule has 100 valence electrons. The summed E-state index contributed by atoms with van der Waals surface area (Å²) in [6, 6.07) is 7.44. The molecule has 6 heteroatoms. The maximum atomic E-state index is 11.0. The van der Waals surface area contributed by atoms with Crippen molar-refractivity contribution in [1.29, 1.82) is 0 Å². The van der Waals surface area contributed by atoms with Crippen LogP contribution in [0.25, 0.3) is 0 Å². The summed E-state index contributed by atoms with van der Waals surface area (Å²) in [5.41, 5.74) is 1.95. The number of rotatable bonds is 5. The average molecular weight is 388 g/mol. The second-order valence-electron chi connectivity index (χ2n) is 4.30. The summed E-state index contributed by atoms with van der Waals surface area (Å²) in [7, 11) is 0. The number of nitrogens with zero attached hydrogens (tertiary/aromatic N) is 1. The van der Waals surface area contributed by atoms with E-state index in [0.717, 1.165) is 9.99 Å². The Labute approximate surface area is 129 Å². The van der Waals surface area contributed by atoms with Crippen molar-refractivity contribution >= 4 is 45.3 Å². The van der Waals surface area contributed by atoms with Gasteiger partial charge in [0.15, 0.2) is 0 Å². The van der Waals surface area contributed by atoms with Crippen LogP contribution in [0.3, 0.4) is 0 Å². The molecule has 0 radical (unpaired) electrons. The maximum Gasteiger partial charge on any atom is 0.293 e. The normalized spacial score (nSPS) is 12.1. The van der Waals surface area contributed by atoms with Crippen molar-refractivity contribution in [3.05, 3.63) is 54.3 Å². The van der Waals surface area contributed by atoms with E-state index in [9.17, 15) is 10.1 Å². The molecule has 0 aliphatic rings. The first-order valence-electron chi connectivity index (χ1n) is 5.78. The van der Waals surface area contributed by atoms with Gasteiger partial charge < -0.3 is 5.32 Å². The quantitative estimate of drug-likeness (QED) is 0.472. The minimum atomic E-state index is -0.345. The number of benzene rings is 1. The molecule has 0 amide bonds. The molecule has 1 unspecified atom stereocenters. The number of halogens is 1. The Kier molecular flexibility index (Phi) is 4.76. The van der Waals surface area contributed by atoms with Crippen molar-refractivity contribution in [3.63, 3.8) is 0 Å². The average Bonchev–Trinajstić information content (AvgIpc) is 2.83. The van der Waals surface area contributed by atoms with Gasteiger partial charge in [0.25, 0.3) is 5.69 Å². The van der Waals surface area contributed by atoms with Crippen LogP contribution in [-0.2, 0) is 6.42 Å². The summed E-state index contributed by atoms with van der Waals surface area (Å²) in [5, 5.41) is 18.4. The number of nitro benzene ring substituents is 1. The third-order valence-corrected chi connectivity index (χ3v) is 4.08. The molecule has 19 heavy (non-hydrogen) atoms. The lowest BCUT2D eigenvalue weighted by Crippen LogP contribution is -2.18. The Morgan fingerprint density at radius 1 is 1.47 bits per heavy atom. The van der Waals surface area contributed by atoms with Crippen LogP contribution < -0.4 is 5.32 Å². The van der Waals surface area contributed by atoms with Gasteiger partial charge in [0.2, 0.25) is 0 Å². The summed E-state index contributed by atoms with van der Waals surface area (Å²) in [6.07, 6.45) is 0.854. The molecular weight excluding hydrogens is 375 g/mol. The summed E-state index contributed by atoms with van der Waals surface area (Å²) < 4.78 is 0.861. The highest BCUT2D eigenvalue weighted by atomic mass is 127. The highest BCUT2D eigenvalue weighted by Crippen LogP contribution is 2.27. The van der Waals surface area contributed by atoms with Crippen LogP contribution >= 0.6 is 33.9 Å². The highest BCUT2D eigenvalue weighted by Gasteiger charge is 2.16. The third-order valence-electron chi connectivity index (χ3n) is 2.68. The molecule has 1 atom stereocenters. The van der Waals surface area contributed by atoms with E-state index in [4.69, 9.17) is 0 Å². The van der Waals surface area contributed by atoms with Crippen molar-refractivity contribution in [1.82, 2.24) is 0 Å². The summed E-state index contributed by atoms with van der Waals surface area (Å²) in [5.74, 6) is 0. The van der Waals surface area contributed by atoms with Crippen molar-refractivity contribution in [3.8, 4) is 0 Å². The van der Waals surface area contributed by atoms with Gasteiger partial charge in [-0.15, -0.1) is 0 Å². The Bertz CT molecular complexity index is 572.